The normalized spacial score (nSPS) is 12.0. The van der Waals surface area contributed by atoms with E-state index in [1.165, 1.54) is 11.5 Å². The molecule has 0 spiro atoms. The Bertz CT molecular complexity index is 215. The zero-order valence-electron chi connectivity index (χ0n) is 5.74. The minimum atomic E-state index is 0.581. The first kappa shape index (κ1) is 7.37. The average molecular weight is 155 g/mol. The molecule has 2 N–H and O–H groups in total. The Kier molecular flexibility index (Phi) is 2.53. The van der Waals surface area contributed by atoms with Crippen LogP contribution in [0.2, 0.25) is 0 Å². The largest absolute Gasteiger partial charge is 0.327 e. The van der Waals surface area contributed by atoms with Gasteiger partial charge in [-0.15, -0.1) is 5.10 Å². The monoisotopic (exact) mass is 155 g/mol. The van der Waals surface area contributed by atoms with Gasteiger partial charge in [-0.25, -0.2) is 0 Å². The van der Waals surface area contributed by atoms with Gasteiger partial charge in [0, 0.05) is 11.9 Å². The van der Waals surface area contributed by atoms with Gasteiger partial charge in [0.05, 0.1) is 5.69 Å². The van der Waals surface area contributed by atoms with Gasteiger partial charge in [-0.3, -0.25) is 0 Å². The molecule has 54 valence electrons. The molecule has 0 radical (unpaired) electrons. The Morgan fingerprint density at radius 3 is 3.20 bits per heavy atom. The Morgan fingerprint density at radius 1 is 1.90 bits per heavy atom. The fourth-order valence-corrected chi connectivity index (χ4v) is 0.958. The van der Waals surface area contributed by atoms with Crippen molar-refractivity contribution >= 4 is 17.6 Å². The van der Waals surface area contributed by atoms with E-state index in [0.29, 0.717) is 6.54 Å². The van der Waals surface area contributed by atoms with E-state index < -0.39 is 0 Å². The molecule has 4 heteroatoms. The smallest absolute Gasteiger partial charge is 0.0981 e. The van der Waals surface area contributed by atoms with Crippen LogP contribution in [0.25, 0.3) is 6.08 Å². The van der Waals surface area contributed by atoms with Crippen molar-refractivity contribution in [2.45, 2.75) is 6.92 Å². The molecule has 1 aromatic heterocycles. The zero-order valence-corrected chi connectivity index (χ0v) is 6.56. The van der Waals surface area contributed by atoms with Crippen molar-refractivity contribution in [2.24, 2.45) is 5.73 Å². The second kappa shape index (κ2) is 3.43. The Morgan fingerprint density at radius 2 is 2.70 bits per heavy atom. The molecule has 0 aliphatic heterocycles. The second-order valence-electron chi connectivity index (χ2n) is 2.02. The molecule has 0 bridgehead atoms. The third-order valence-corrected chi connectivity index (χ3v) is 1.62. The van der Waals surface area contributed by atoms with E-state index in [4.69, 9.17) is 5.73 Å². The summed E-state index contributed by atoms with van der Waals surface area (Å²) in [6.45, 7) is 2.55. The van der Waals surface area contributed by atoms with Crippen molar-refractivity contribution in [3.8, 4) is 0 Å². The fraction of sp³-hybridized carbons (Fsp3) is 0.333. The molecule has 0 aliphatic rings. The van der Waals surface area contributed by atoms with Crippen LogP contribution in [0.15, 0.2) is 11.0 Å². The lowest BCUT2D eigenvalue weighted by Gasteiger charge is -1.89. The lowest BCUT2D eigenvalue weighted by molar-refractivity contribution is 1.12. The van der Waals surface area contributed by atoms with Gasteiger partial charge < -0.3 is 5.73 Å². The van der Waals surface area contributed by atoms with Crippen molar-refractivity contribution in [3.63, 3.8) is 0 Å². The molecule has 0 amide bonds. The van der Waals surface area contributed by atoms with Crippen LogP contribution in [-0.4, -0.2) is 16.1 Å². The Labute approximate surface area is 63.7 Å². The molecule has 1 heterocycles. The third-order valence-electron chi connectivity index (χ3n) is 1.09. The summed E-state index contributed by atoms with van der Waals surface area (Å²) in [5.74, 6) is 0. The highest BCUT2D eigenvalue weighted by Crippen LogP contribution is 2.02. The molecular weight excluding hydrogens is 146 g/mol. The fourth-order valence-electron chi connectivity index (χ4n) is 0.546. The van der Waals surface area contributed by atoms with Crippen LogP contribution in [0.4, 0.5) is 0 Å². The molecule has 1 rings (SSSR count). The highest BCUT2D eigenvalue weighted by atomic mass is 32.1. The zero-order chi connectivity index (χ0) is 7.40. The molecule has 0 fully saturated rings. The maximum atomic E-state index is 5.38. The maximum Gasteiger partial charge on any atom is 0.0981 e. The SMILES string of the molecule is C/C(=C\c1csnn1)CN. The van der Waals surface area contributed by atoms with Crippen LogP contribution in [0.3, 0.4) is 0 Å². The Balaban J connectivity index is 2.71. The molecule has 10 heavy (non-hydrogen) atoms. The minimum Gasteiger partial charge on any atom is -0.327 e. The van der Waals surface area contributed by atoms with E-state index >= 15 is 0 Å². The number of aromatic nitrogens is 2. The van der Waals surface area contributed by atoms with Gasteiger partial charge in [0.1, 0.15) is 0 Å². The van der Waals surface area contributed by atoms with E-state index in [-0.39, 0.29) is 0 Å². The summed E-state index contributed by atoms with van der Waals surface area (Å²) in [6, 6.07) is 0. The first-order valence-electron chi connectivity index (χ1n) is 2.97. The number of nitrogens with two attached hydrogens (primary N) is 1. The molecule has 1 aromatic rings. The van der Waals surface area contributed by atoms with Crippen molar-refractivity contribution in [1.82, 2.24) is 9.59 Å². The van der Waals surface area contributed by atoms with Crippen LogP contribution in [0.5, 0.6) is 0 Å². The van der Waals surface area contributed by atoms with E-state index in [9.17, 15) is 0 Å². The summed E-state index contributed by atoms with van der Waals surface area (Å²) < 4.78 is 3.72. The summed E-state index contributed by atoms with van der Waals surface area (Å²) in [5.41, 5.74) is 7.39. The summed E-state index contributed by atoms with van der Waals surface area (Å²) in [4.78, 5) is 0. The Hall–Kier alpha value is -0.740. The van der Waals surface area contributed by atoms with E-state index in [2.05, 4.69) is 9.59 Å². The number of nitrogens with zero attached hydrogens (tertiary/aromatic N) is 2. The van der Waals surface area contributed by atoms with Gasteiger partial charge in [-0.1, -0.05) is 10.1 Å². The van der Waals surface area contributed by atoms with Crippen LogP contribution in [0.1, 0.15) is 12.6 Å². The lowest BCUT2D eigenvalue weighted by Crippen LogP contribution is -1.99. The molecule has 3 nitrogen and oxygen atoms in total. The third kappa shape index (κ3) is 1.89. The summed E-state index contributed by atoms with van der Waals surface area (Å²) in [7, 11) is 0. The second-order valence-corrected chi connectivity index (χ2v) is 2.63. The van der Waals surface area contributed by atoms with E-state index in [0.717, 1.165) is 11.3 Å². The predicted molar refractivity (Wildman–Crippen MR) is 42.6 cm³/mol. The van der Waals surface area contributed by atoms with Gasteiger partial charge in [0.2, 0.25) is 0 Å². The summed E-state index contributed by atoms with van der Waals surface area (Å²) >= 11 is 1.35. The average Bonchev–Trinajstić information content (AvgIpc) is 2.40. The number of hydrogen-bond donors (Lipinski definition) is 1. The van der Waals surface area contributed by atoms with Crippen LogP contribution in [-0.2, 0) is 0 Å². The van der Waals surface area contributed by atoms with E-state index in [1.807, 2.05) is 18.4 Å². The van der Waals surface area contributed by atoms with Crippen molar-refractivity contribution in [2.75, 3.05) is 6.54 Å². The van der Waals surface area contributed by atoms with Gasteiger partial charge in [-0.2, -0.15) is 0 Å². The molecule has 0 saturated carbocycles. The van der Waals surface area contributed by atoms with Gasteiger partial charge >= 0.3 is 0 Å². The van der Waals surface area contributed by atoms with Crippen molar-refractivity contribution in [3.05, 3.63) is 16.6 Å². The number of hydrogen-bond acceptors (Lipinski definition) is 4. The standard InChI is InChI=1S/C6H9N3S/c1-5(3-7)2-6-4-10-9-8-6/h2,4H,3,7H2,1H3/b5-2+. The number of rotatable bonds is 2. The van der Waals surface area contributed by atoms with E-state index in [1.54, 1.807) is 0 Å². The predicted octanol–water partition coefficient (Wildman–Crippen LogP) is 0.900. The topological polar surface area (TPSA) is 51.8 Å². The summed E-state index contributed by atoms with van der Waals surface area (Å²) in [5, 5.41) is 5.73. The molecular formula is C6H9N3S. The minimum absolute atomic E-state index is 0.581. The van der Waals surface area contributed by atoms with Gasteiger partial charge in [0.25, 0.3) is 0 Å². The van der Waals surface area contributed by atoms with Crippen LogP contribution < -0.4 is 5.73 Å². The highest BCUT2D eigenvalue weighted by Gasteiger charge is 1.90. The highest BCUT2D eigenvalue weighted by molar-refractivity contribution is 7.03. The van der Waals surface area contributed by atoms with Gasteiger partial charge in [0.15, 0.2) is 0 Å². The summed E-state index contributed by atoms with van der Waals surface area (Å²) in [6.07, 6.45) is 1.93. The van der Waals surface area contributed by atoms with Crippen molar-refractivity contribution < 1.29 is 0 Å². The molecule has 0 aliphatic carbocycles. The van der Waals surface area contributed by atoms with Crippen LogP contribution >= 0.6 is 11.5 Å². The first-order valence-corrected chi connectivity index (χ1v) is 3.81. The lowest BCUT2D eigenvalue weighted by atomic mass is 10.2. The quantitative estimate of drug-likeness (QED) is 0.690. The van der Waals surface area contributed by atoms with Crippen molar-refractivity contribution in [1.29, 1.82) is 0 Å². The van der Waals surface area contributed by atoms with Crippen LogP contribution in [0, 0.1) is 0 Å². The van der Waals surface area contributed by atoms with Gasteiger partial charge in [-0.05, 0) is 24.5 Å². The molecule has 0 atom stereocenters. The molecule has 0 unspecified atom stereocenters. The maximum absolute atomic E-state index is 5.38. The molecule has 0 aromatic carbocycles. The molecule has 0 saturated heterocycles. The first-order chi connectivity index (χ1) is 4.83.